The number of benzene rings is 1. The number of nitrogens with zero attached hydrogens (tertiary/aromatic N) is 3. The van der Waals surface area contributed by atoms with E-state index >= 15 is 0 Å². The van der Waals surface area contributed by atoms with Crippen LogP contribution in [0.4, 0.5) is 23.2 Å². The van der Waals surface area contributed by atoms with Crippen molar-refractivity contribution in [1.29, 1.82) is 0 Å². The van der Waals surface area contributed by atoms with Crippen molar-refractivity contribution in [2.45, 2.75) is 45.3 Å². The largest absolute Gasteiger partial charge is 0.457 e. The van der Waals surface area contributed by atoms with Crippen LogP contribution in [0.3, 0.4) is 0 Å². The van der Waals surface area contributed by atoms with Gasteiger partial charge in [0.05, 0.1) is 5.69 Å². The van der Waals surface area contributed by atoms with E-state index in [1.807, 2.05) is 18.7 Å². The van der Waals surface area contributed by atoms with Crippen LogP contribution in [0.1, 0.15) is 31.7 Å². The number of halogens is 4. The van der Waals surface area contributed by atoms with Crippen LogP contribution in [-0.2, 0) is 6.54 Å². The smallest absolute Gasteiger partial charge is 0.450 e. The van der Waals surface area contributed by atoms with E-state index in [2.05, 4.69) is 14.6 Å². The number of alkyl halides is 4. The summed E-state index contributed by atoms with van der Waals surface area (Å²) in [7, 11) is 0. The molecule has 0 bridgehead atoms. The van der Waals surface area contributed by atoms with Crippen LogP contribution >= 0.6 is 0 Å². The van der Waals surface area contributed by atoms with Gasteiger partial charge < -0.3 is 14.6 Å². The summed E-state index contributed by atoms with van der Waals surface area (Å²) >= 11 is 0. The van der Waals surface area contributed by atoms with Crippen LogP contribution in [0.25, 0.3) is 0 Å². The minimum Gasteiger partial charge on any atom is -0.450 e. The van der Waals surface area contributed by atoms with Gasteiger partial charge in [0, 0.05) is 44.5 Å². The third-order valence-electron chi connectivity index (χ3n) is 5.63. The van der Waals surface area contributed by atoms with Gasteiger partial charge in [0.1, 0.15) is 5.75 Å². The van der Waals surface area contributed by atoms with Gasteiger partial charge in [0.2, 0.25) is 0 Å². The SMILES string of the molecule is CC(C)c1c[nH]c(=O)n(CCCN2CCN(c3ccccc3OC(F)C(F)(F)F)CC2)c1=O. The molecule has 0 amide bonds. The summed E-state index contributed by atoms with van der Waals surface area (Å²) in [6.07, 6.45) is -6.42. The van der Waals surface area contributed by atoms with E-state index in [1.165, 1.54) is 22.9 Å². The van der Waals surface area contributed by atoms with Crippen molar-refractivity contribution in [2.24, 2.45) is 0 Å². The summed E-state index contributed by atoms with van der Waals surface area (Å²) in [6.45, 7) is 7.02. The molecule has 7 nitrogen and oxygen atoms in total. The summed E-state index contributed by atoms with van der Waals surface area (Å²) in [5.41, 5.74) is 0.258. The molecule has 1 unspecified atom stereocenters. The number of rotatable bonds is 8. The van der Waals surface area contributed by atoms with E-state index in [9.17, 15) is 27.2 Å². The highest BCUT2D eigenvalue weighted by molar-refractivity contribution is 5.58. The number of hydrogen-bond acceptors (Lipinski definition) is 5. The maximum Gasteiger partial charge on any atom is 0.457 e. The van der Waals surface area contributed by atoms with Gasteiger partial charge in [-0.15, -0.1) is 0 Å². The maximum atomic E-state index is 13.4. The average molecular weight is 472 g/mol. The number of aromatic nitrogens is 2. The van der Waals surface area contributed by atoms with E-state index in [4.69, 9.17) is 0 Å². The Morgan fingerprint density at radius 3 is 2.36 bits per heavy atom. The number of nitrogens with one attached hydrogen (secondary N) is 1. The predicted octanol–water partition coefficient (Wildman–Crippen LogP) is 3.11. The average Bonchev–Trinajstić information content (AvgIpc) is 2.76. The molecule has 0 radical (unpaired) electrons. The van der Waals surface area contributed by atoms with E-state index in [0.29, 0.717) is 56.9 Å². The molecule has 1 N–H and O–H groups in total. The zero-order valence-electron chi connectivity index (χ0n) is 18.6. The lowest BCUT2D eigenvalue weighted by molar-refractivity contribution is -0.236. The topological polar surface area (TPSA) is 70.6 Å². The van der Waals surface area contributed by atoms with Gasteiger partial charge in [-0.1, -0.05) is 26.0 Å². The Morgan fingerprint density at radius 1 is 1.06 bits per heavy atom. The standard InChI is InChI=1S/C22H28F4N4O3/c1-15(2)16-14-27-21(32)30(19(16)31)9-5-8-28-10-12-29(13-11-28)17-6-3-4-7-18(17)33-20(23)22(24,25)26/h3-4,6-7,14-15,20H,5,8-13H2,1-2H3,(H,27,32). The molecule has 0 saturated carbocycles. The normalized spacial score (nSPS) is 16.3. The van der Waals surface area contributed by atoms with E-state index in [1.54, 1.807) is 12.1 Å². The minimum atomic E-state index is -5.09. The van der Waals surface area contributed by atoms with Crippen molar-refractivity contribution in [3.05, 3.63) is 56.9 Å². The molecule has 2 heterocycles. The van der Waals surface area contributed by atoms with Crippen molar-refractivity contribution in [3.8, 4) is 5.75 Å². The zero-order valence-corrected chi connectivity index (χ0v) is 18.6. The zero-order chi connectivity index (χ0) is 24.2. The summed E-state index contributed by atoms with van der Waals surface area (Å²) in [4.78, 5) is 31.2. The van der Waals surface area contributed by atoms with E-state index in [0.717, 1.165) is 0 Å². The Balaban J connectivity index is 1.55. The Bertz CT molecular complexity index is 1040. The molecule has 3 rings (SSSR count). The summed E-state index contributed by atoms with van der Waals surface area (Å²) < 4.78 is 56.8. The fourth-order valence-electron chi connectivity index (χ4n) is 3.81. The van der Waals surface area contributed by atoms with E-state index < -0.39 is 18.2 Å². The molecule has 1 aliphatic heterocycles. The number of aromatic amines is 1. The number of anilines is 1. The Labute approximate surface area is 188 Å². The fourth-order valence-corrected chi connectivity index (χ4v) is 3.81. The molecule has 1 aromatic carbocycles. The molecule has 0 spiro atoms. The summed E-state index contributed by atoms with van der Waals surface area (Å²) in [6, 6.07) is 6.08. The van der Waals surface area contributed by atoms with Crippen LogP contribution < -0.4 is 20.9 Å². The molecular weight excluding hydrogens is 444 g/mol. The first-order valence-electron chi connectivity index (χ1n) is 10.8. The van der Waals surface area contributed by atoms with Crippen LogP contribution in [0.5, 0.6) is 5.75 Å². The van der Waals surface area contributed by atoms with Gasteiger partial charge in [0.25, 0.3) is 5.56 Å². The van der Waals surface area contributed by atoms with Gasteiger partial charge in [-0.25, -0.2) is 4.79 Å². The first-order valence-corrected chi connectivity index (χ1v) is 10.8. The van der Waals surface area contributed by atoms with Gasteiger partial charge >= 0.3 is 18.2 Å². The Morgan fingerprint density at radius 2 is 1.73 bits per heavy atom. The third kappa shape index (κ3) is 6.16. The number of para-hydroxylation sites is 2. The second kappa shape index (κ2) is 10.4. The molecule has 1 saturated heterocycles. The second-order valence-electron chi connectivity index (χ2n) is 8.29. The van der Waals surface area contributed by atoms with Crippen molar-refractivity contribution < 1.29 is 22.3 Å². The van der Waals surface area contributed by atoms with Gasteiger partial charge in [0.15, 0.2) is 0 Å². The van der Waals surface area contributed by atoms with Crippen molar-refractivity contribution in [2.75, 3.05) is 37.6 Å². The quantitative estimate of drug-likeness (QED) is 0.598. The van der Waals surface area contributed by atoms with Crippen molar-refractivity contribution >= 4 is 5.69 Å². The first-order chi connectivity index (χ1) is 15.6. The predicted molar refractivity (Wildman–Crippen MR) is 117 cm³/mol. The lowest BCUT2D eigenvalue weighted by atomic mass is 10.1. The lowest BCUT2D eigenvalue weighted by Crippen LogP contribution is -2.47. The highest BCUT2D eigenvalue weighted by Gasteiger charge is 2.43. The molecule has 1 atom stereocenters. The molecule has 1 aliphatic rings. The molecule has 0 aliphatic carbocycles. The molecule has 1 fully saturated rings. The monoisotopic (exact) mass is 472 g/mol. The molecule has 2 aromatic rings. The highest BCUT2D eigenvalue weighted by Crippen LogP contribution is 2.33. The molecule has 11 heteroatoms. The van der Waals surface area contributed by atoms with Crippen LogP contribution in [0, 0.1) is 0 Å². The number of ether oxygens (including phenoxy) is 1. The van der Waals surface area contributed by atoms with Crippen LogP contribution in [0.15, 0.2) is 40.1 Å². The fraction of sp³-hybridized carbons (Fsp3) is 0.545. The minimum absolute atomic E-state index is 0.00402. The van der Waals surface area contributed by atoms with Crippen molar-refractivity contribution in [1.82, 2.24) is 14.5 Å². The molecular formula is C22H28F4N4O3. The third-order valence-corrected chi connectivity index (χ3v) is 5.63. The molecule has 33 heavy (non-hydrogen) atoms. The maximum absolute atomic E-state index is 13.4. The van der Waals surface area contributed by atoms with Gasteiger partial charge in [-0.05, 0) is 31.0 Å². The Kier molecular flexibility index (Phi) is 7.83. The number of piperazine rings is 1. The van der Waals surface area contributed by atoms with Crippen LogP contribution in [0.2, 0.25) is 0 Å². The van der Waals surface area contributed by atoms with Gasteiger partial charge in [-0.2, -0.15) is 17.6 Å². The first kappa shape index (κ1) is 24.8. The van der Waals surface area contributed by atoms with Crippen LogP contribution in [-0.4, -0.2) is 59.7 Å². The highest BCUT2D eigenvalue weighted by atomic mass is 19.4. The van der Waals surface area contributed by atoms with E-state index in [-0.39, 0.29) is 17.2 Å². The lowest BCUT2D eigenvalue weighted by Gasteiger charge is -2.36. The molecule has 1 aromatic heterocycles. The Hall–Kier alpha value is -2.82. The summed E-state index contributed by atoms with van der Waals surface area (Å²) in [5, 5.41) is 0. The van der Waals surface area contributed by atoms with Crippen molar-refractivity contribution in [3.63, 3.8) is 0 Å². The summed E-state index contributed by atoms with van der Waals surface area (Å²) in [5.74, 6) is -0.149. The number of H-pyrrole nitrogens is 1. The molecule has 182 valence electrons. The van der Waals surface area contributed by atoms with Gasteiger partial charge in [-0.3, -0.25) is 14.3 Å². The second-order valence-corrected chi connectivity index (χ2v) is 8.29. The number of hydrogen-bond donors (Lipinski definition) is 1.